The van der Waals surface area contributed by atoms with Crippen molar-refractivity contribution in [3.63, 3.8) is 0 Å². The molecule has 0 unspecified atom stereocenters. The Bertz CT molecular complexity index is 671. The third-order valence-electron chi connectivity index (χ3n) is 4.49. The molecule has 2 N–H and O–H groups in total. The Labute approximate surface area is 144 Å². The molecule has 0 saturated heterocycles. The fourth-order valence-corrected chi connectivity index (χ4v) is 5.15. The van der Waals surface area contributed by atoms with Crippen LogP contribution in [0.25, 0.3) is 0 Å². The lowest BCUT2D eigenvalue weighted by Crippen LogP contribution is -2.36. The molecule has 1 aliphatic carbocycles. The van der Waals surface area contributed by atoms with Crippen LogP contribution in [-0.2, 0) is 14.8 Å². The van der Waals surface area contributed by atoms with Crippen LogP contribution < -0.4 is 4.72 Å². The standard InChI is InChI=1S/C17H28N2O4S/c1-4-23-17(20)15-12(2)18-13(3)16(15)24(21,22)19-14-10-8-6-5-7-9-11-14/h14,18-19H,4-11H2,1-3H3. The Morgan fingerprint density at radius 3 is 2.29 bits per heavy atom. The monoisotopic (exact) mass is 356 g/mol. The Kier molecular flexibility index (Phi) is 6.46. The zero-order valence-electron chi connectivity index (χ0n) is 14.8. The second-order valence-corrected chi connectivity index (χ2v) is 8.11. The molecule has 0 atom stereocenters. The highest BCUT2D eigenvalue weighted by Crippen LogP contribution is 2.26. The van der Waals surface area contributed by atoms with Gasteiger partial charge in [0.15, 0.2) is 0 Å². The first kappa shape index (κ1) is 19.0. The van der Waals surface area contributed by atoms with Gasteiger partial charge in [-0.25, -0.2) is 17.9 Å². The Morgan fingerprint density at radius 1 is 1.12 bits per heavy atom. The zero-order valence-corrected chi connectivity index (χ0v) is 15.6. The summed E-state index contributed by atoms with van der Waals surface area (Å²) in [4.78, 5) is 15.2. The van der Waals surface area contributed by atoms with E-state index in [4.69, 9.17) is 4.74 Å². The molecule has 1 aliphatic rings. The quantitative estimate of drug-likeness (QED) is 0.793. The maximum atomic E-state index is 12.9. The minimum Gasteiger partial charge on any atom is -0.462 e. The van der Waals surface area contributed by atoms with Crippen LogP contribution in [0.5, 0.6) is 0 Å². The molecule has 1 aromatic rings. The molecule has 24 heavy (non-hydrogen) atoms. The van der Waals surface area contributed by atoms with Gasteiger partial charge in [-0.1, -0.05) is 32.1 Å². The number of esters is 1. The van der Waals surface area contributed by atoms with E-state index in [2.05, 4.69) is 9.71 Å². The first-order valence-corrected chi connectivity index (χ1v) is 10.2. The molecule has 2 rings (SSSR count). The van der Waals surface area contributed by atoms with Gasteiger partial charge in [0, 0.05) is 17.4 Å². The van der Waals surface area contributed by atoms with Gasteiger partial charge in [0.25, 0.3) is 0 Å². The number of hydrogen-bond donors (Lipinski definition) is 2. The molecule has 136 valence electrons. The summed E-state index contributed by atoms with van der Waals surface area (Å²) in [5, 5.41) is 0. The number of carbonyl (C=O) groups excluding carboxylic acids is 1. The van der Waals surface area contributed by atoms with Crippen LogP contribution in [0, 0.1) is 13.8 Å². The summed E-state index contributed by atoms with van der Waals surface area (Å²) >= 11 is 0. The summed E-state index contributed by atoms with van der Waals surface area (Å²) in [5.74, 6) is -0.600. The van der Waals surface area contributed by atoms with Crippen molar-refractivity contribution in [3.8, 4) is 0 Å². The molecule has 1 heterocycles. The fourth-order valence-electron chi connectivity index (χ4n) is 3.40. The number of hydrogen-bond acceptors (Lipinski definition) is 4. The van der Waals surface area contributed by atoms with Crippen molar-refractivity contribution in [1.29, 1.82) is 0 Å². The summed E-state index contributed by atoms with van der Waals surface area (Å²) in [5.41, 5.74) is 1.10. The fraction of sp³-hybridized carbons (Fsp3) is 0.706. The highest BCUT2D eigenvalue weighted by Gasteiger charge is 2.31. The topological polar surface area (TPSA) is 88.3 Å². The highest BCUT2D eigenvalue weighted by atomic mass is 32.2. The number of carbonyl (C=O) groups is 1. The Hall–Kier alpha value is -1.34. The molecular weight excluding hydrogens is 328 g/mol. The van der Waals surface area contributed by atoms with Crippen molar-refractivity contribution in [3.05, 3.63) is 17.0 Å². The van der Waals surface area contributed by atoms with Crippen molar-refractivity contribution in [2.24, 2.45) is 0 Å². The summed E-state index contributed by atoms with van der Waals surface area (Å²) in [6, 6.07) is -0.0695. The van der Waals surface area contributed by atoms with E-state index in [-0.39, 0.29) is 23.1 Å². The van der Waals surface area contributed by atoms with E-state index in [0.29, 0.717) is 11.4 Å². The van der Waals surface area contributed by atoms with Crippen molar-refractivity contribution in [1.82, 2.24) is 9.71 Å². The molecule has 0 radical (unpaired) electrons. The van der Waals surface area contributed by atoms with Crippen LogP contribution in [0.3, 0.4) is 0 Å². The second kappa shape index (κ2) is 8.16. The molecular formula is C17H28N2O4S. The average Bonchev–Trinajstić information content (AvgIpc) is 2.77. The van der Waals surface area contributed by atoms with Crippen LogP contribution in [0.15, 0.2) is 4.90 Å². The Balaban J connectivity index is 2.29. The predicted octanol–water partition coefficient (Wildman–Crippen LogP) is 3.20. The van der Waals surface area contributed by atoms with Crippen molar-refractivity contribution >= 4 is 16.0 Å². The van der Waals surface area contributed by atoms with Gasteiger partial charge in [-0.2, -0.15) is 0 Å². The number of H-pyrrole nitrogens is 1. The molecule has 6 nitrogen and oxygen atoms in total. The van der Waals surface area contributed by atoms with Crippen LogP contribution in [0.1, 0.15) is 73.6 Å². The summed E-state index contributed by atoms with van der Waals surface area (Å²) in [6.07, 6.45) is 7.27. The maximum absolute atomic E-state index is 12.9. The van der Waals surface area contributed by atoms with Gasteiger partial charge in [0.1, 0.15) is 10.5 Å². The molecule has 0 bridgehead atoms. The van der Waals surface area contributed by atoms with E-state index < -0.39 is 16.0 Å². The summed E-state index contributed by atoms with van der Waals surface area (Å²) in [6.45, 7) is 5.27. The number of nitrogens with one attached hydrogen (secondary N) is 2. The molecule has 0 amide bonds. The minimum atomic E-state index is -3.77. The number of ether oxygens (including phenoxy) is 1. The minimum absolute atomic E-state index is 0.0282. The van der Waals surface area contributed by atoms with Gasteiger partial charge in [-0.3, -0.25) is 0 Å². The molecule has 0 aromatic carbocycles. The zero-order chi connectivity index (χ0) is 17.7. The van der Waals surface area contributed by atoms with Gasteiger partial charge in [-0.05, 0) is 33.6 Å². The van der Waals surface area contributed by atoms with Gasteiger partial charge in [0.05, 0.1) is 6.61 Å². The van der Waals surface area contributed by atoms with E-state index in [1.165, 1.54) is 6.42 Å². The van der Waals surface area contributed by atoms with Gasteiger partial charge < -0.3 is 9.72 Å². The van der Waals surface area contributed by atoms with Crippen molar-refractivity contribution in [2.45, 2.75) is 76.7 Å². The second-order valence-electron chi connectivity index (χ2n) is 6.46. The molecule has 0 aliphatic heterocycles. The largest absolute Gasteiger partial charge is 0.462 e. The molecule has 1 fully saturated rings. The van der Waals surface area contributed by atoms with Crippen LogP contribution in [-0.4, -0.2) is 32.0 Å². The van der Waals surface area contributed by atoms with E-state index in [1.54, 1.807) is 20.8 Å². The summed E-state index contributed by atoms with van der Waals surface area (Å²) < 4.78 is 33.7. The molecule has 0 spiro atoms. The SMILES string of the molecule is CCOC(=O)c1c(C)[nH]c(C)c1S(=O)(=O)NC1CCCCCCC1. The molecule has 1 aromatic heterocycles. The van der Waals surface area contributed by atoms with Gasteiger partial charge >= 0.3 is 5.97 Å². The van der Waals surface area contributed by atoms with Crippen LogP contribution >= 0.6 is 0 Å². The van der Waals surface area contributed by atoms with Gasteiger partial charge in [-0.15, -0.1) is 0 Å². The smallest absolute Gasteiger partial charge is 0.341 e. The number of aryl methyl sites for hydroxylation is 2. The number of sulfonamides is 1. The van der Waals surface area contributed by atoms with E-state index in [9.17, 15) is 13.2 Å². The Morgan fingerprint density at radius 2 is 1.71 bits per heavy atom. The third kappa shape index (κ3) is 4.39. The number of aromatic amines is 1. The van der Waals surface area contributed by atoms with Crippen molar-refractivity contribution < 1.29 is 17.9 Å². The van der Waals surface area contributed by atoms with Gasteiger partial charge in [0.2, 0.25) is 10.0 Å². The third-order valence-corrected chi connectivity index (χ3v) is 6.18. The van der Waals surface area contributed by atoms with E-state index in [0.717, 1.165) is 38.5 Å². The lowest BCUT2D eigenvalue weighted by atomic mass is 9.97. The number of rotatable bonds is 5. The molecule has 1 saturated carbocycles. The highest BCUT2D eigenvalue weighted by molar-refractivity contribution is 7.89. The average molecular weight is 356 g/mol. The summed E-state index contributed by atoms with van der Waals surface area (Å²) in [7, 11) is -3.77. The maximum Gasteiger partial charge on any atom is 0.341 e. The normalized spacial score (nSPS) is 17.3. The predicted molar refractivity (Wildman–Crippen MR) is 92.7 cm³/mol. The first-order chi connectivity index (χ1) is 11.4. The van der Waals surface area contributed by atoms with Crippen molar-refractivity contribution in [2.75, 3.05) is 6.61 Å². The first-order valence-electron chi connectivity index (χ1n) is 8.75. The lowest BCUT2D eigenvalue weighted by molar-refractivity contribution is 0.0521. The van der Waals surface area contributed by atoms with E-state index >= 15 is 0 Å². The molecule has 7 heteroatoms. The van der Waals surface area contributed by atoms with E-state index in [1.807, 2.05) is 0 Å². The van der Waals surface area contributed by atoms with Crippen LogP contribution in [0.4, 0.5) is 0 Å². The lowest BCUT2D eigenvalue weighted by Gasteiger charge is -2.21. The van der Waals surface area contributed by atoms with Crippen LogP contribution in [0.2, 0.25) is 0 Å². The number of aromatic nitrogens is 1.